The summed E-state index contributed by atoms with van der Waals surface area (Å²) in [6.07, 6.45) is 3.48. The average molecular weight is 304 g/mol. The average Bonchev–Trinajstić information content (AvgIpc) is 2.47. The third kappa shape index (κ3) is 3.52. The van der Waals surface area contributed by atoms with Gasteiger partial charge in [0.15, 0.2) is 0 Å². The van der Waals surface area contributed by atoms with Gasteiger partial charge in [0.25, 0.3) is 0 Å². The number of primary amides is 1. The molecule has 0 radical (unpaired) electrons. The number of nitrogens with one attached hydrogen (secondary N) is 1. The van der Waals surface area contributed by atoms with Gasteiger partial charge in [0.05, 0.1) is 11.2 Å². The minimum atomic E-state index is -0.219. The van der Waals surface area contributed by atoms with Crippen molar-refractivity contribution in [2.45, 2.75) is 12.8 Å². The number of fused-ring (bicyclic) bond motifs is 1. The van der Waals surface area contributed by atoms with E-state index >= 15 is 0 Å². The molecule has 1 aliphatic heterocycles. The van der Waals surface area contributed by atoms with Crippen molar-refractivity contribution < 1.29 is 4.79 Å². The van der Waals surface area contributed by atoms with E-state index in [4.69, 9.17) is 5.73 Å². The van der Waals surface area contributed by atoms with Gasteiger partial charge in [-0.1, -0.05) is 24.3 Å². The van der Waals surface area contributed by atoms with Crippen LogP contribution < -0.4 is 11.1 Å². The first-order valence-electron chi connectivity index (χ1n) is 6.82. The number of piperidine rings is 1. The molecule has 0 saturated carbocycles. The smallest absolute Gasteiger partial charge is 0.220 e. The fourth-order valence-electron chi connectivity index (χ4n) is 2.54. The Labute approximate surface area is 129 Å². The third-order valence-electron chi connectivity index (χ3n) is 3.66. The van der Waals surface area contributed by atoms with Gasteiger partial charge in [-0.25, -0.2) is 4.98 Å². The molecule has 1 atom stereocenters. The summed E-state index contributed by atoms with van der Waals surface area (Å²) in [6, 6.07) is 12.1. The van der Waals surface area contributed by atoms with E-state index in [1.165, 1.54) is 0 Å². The molecule has 1 unspecified atom stereocenters. The van der Waals surface area contributed by atoms with Crippen LogP contribution in [0.3, 0.4) is 0 Å². The molecule has 1 aromatic heterocycles. The molecule has 1 fully saturated rings. The maximum Gasteiger partial charge on any atom is 0.220 e. The first-order valence-corrected chi connectivity index (χ1v) is 6.82. The molecule has 1 saturated heterocycles. The molecule has 4 nitrogen and oxygen atoms in total. The number of para-hydroxylation sites is 1. The van der Waals surface area contributed by atoms with Crippen LogP contribution in [0.2, 0.25) is 0 Å². The molecule has 1 aromatic carbocycles. The van der Waals surface area contributed by atoms with Gasteiger partial charge in [-0.15, -0.1) is 12.4 Å². The van der Waals surface area contributed by atoms with Gasteiger partial charge in [-0.3, -0.25) is 4.79 Å². The minimum Gasteiger partial charge on any atom is -0.388 e. The lowest BCUT2D eigenvalue weighted by atomic mass is 9.94. The van der Waals surface area contributed by atoms with Crippen molar-refractivity contribution in [3.8, 4) is 0 Å². The van der Waals surface area contributed by atoms with Crippen LogP contribution in [0.1, 0.15) is 18.5 Å². The highest BCUT2D eigenvalue weighted by molar-refractivity contribution is 5.85. The number of benzene rings is 1. The van der Waals surface area contributed by atoms with Crippen molar-refractivity contribution in [3.05, 3.63) is 47.8 Å². The van der Waals surface area contributed by atoms with Crippen LogP contribution in [0.5, 0.6) is 0 Å². The molecule has 2 aromatic rings. The summed E-state index contributed by atoms with van der Waals surface area (Å²) in [5.74, 6) is -0.285. The van der Waals surface area contributed by atoms with Gasteiger partial charge in [0.2, 0.25) is 5.91 Å². The number of hydrogen-bond acceptors (Lipinski definition) is 3. The molecule has 0 aliphatic carbocycles. The van der Waals surface area contributed by atoms with Gasteiger partial charge in [-0.2, -0.15) is 0 Å². The van der Waals surface area contributed by atoms with Crippen LogP contribution in [-0.4, -0.2) is 17.4 Å². The predicted octanol–water partition coefficient (Wildman–Crippen LogP) is 2.48. The fraction of sp³-hybridized carbons (Fsp3) is 0.250. The van der Waals surface area contributed by atoms with E-state index in [1.54, 1.807) is 0 Å². The predicted molar refractivity (Wildman–Crippen MR) is 86.9 cm³/mol. The second-order valence-corrected chi connectivity index (χ2v) is 5.12. The Hall–Kier alpha value is -2.07. The van der Waals surface area contributed by atoms with E-state index in [2.05, 4.69) is 16.4 Å². The van der Waals surface area contributed by atoms with E-state index in [0.717, 1.165) is 35.3 Å². The van der Waals surface area contributed by atoms with Gasteiger partial charge >= 0.3 is 0 Å². The lowest BCUT2D eigenvalue weighted by Gasteiger charge is -2.23. The zero-order valence-corrected chi connectivity index (χ0v) is 12.4. The fourth-order valence-corrected chi connectivity index (χ4v) is 2.54. The van der Waals surface area contributed by atoms with E-state index < -0.39 is 0 Å². The van der Waals surface area contributed by atoms with Crippen LogP contribution in [0, 0.1) is 5.92 Å². The first-order chi connectivity index (χ1) is 9.72. The molecule has 3 rings (SSSR count). The summed E-state index contributed by atoms with van der Waals surface area (Å²) in [5, 5.41) is 4.44. The molecular formula is C16H18ClN3O. The van der Waals surface area contributed by atoms with Crippen molar-refractivity contribution in [3.63, 3.8) is 0 Å². The second kappa shape index (κ2) is 6.59. The number of carbonyl (C=O) groups excluding carboxylic acids is 1. The summed E-state index contributed by atoms with van der Waals surface area (Å²) in [7, 11) is 0. The highest BCUT2D eigenvalue weighted by Gasteiger charge is 2.21. The van der Waals surface area contributed by atoms with E-state index in [1.807, 2.05) is 36.4 Å². The van der Waals surface area contributed by atoms with Gasteiger partial charge in [-0.05, 0) is 31.1 Å². The highest BCUT2D eigenvalue weighted by Crippen LogP contribution is 2.21. The number of hydrogen-bond donors (Lipinski definition) is 2. The Morgan fingerprint density at radius 3 is 2.90 bits per heavy atom. The molecule has 2 heterocycles. The zero-order chi connectivity index (χ0) is 13.9. The standard InChI is InChI=1S/C16H17N3O.ClH/c17-16(20)12-7-8-18-14(9-12)10-13-6-5-11-3-1-2-4-15(11)19-13;/h1-6,10,12,18H,7-9H2,(H2,17,20);1H. The Kier molecular flexibility index (Phi) is 4.81. The summed E-state index contributed by atoms with van der Waals surface area (Å²) < 4.78 is 0. The van der Waals surface area contributed by atoms with Crippen LogP contribution >= 0.6 is 12.4 Å². The largest absolute Gasteiger partial charge is 0.388 e. The number of pyridine rings is 1. The Morgan fingerprint density at radius 2 is 2.10 bits per heavy atom. The number of amides is 1. The van der Waals surface area contributed by atoms with Crippen molar-refractivity contribution in [2.24, 2.45) is 11.7 Å². The number of nitrogens with two attached hydrogens (primary N) is 1. The van der Waals surface area contributed by atoms with Crippen LogP contribution in [0.25, 0.3) is 17.0 Å². The molecule has 1 amide bonds. The van der Waals surface area contributed by atoms with Crippen molar-refractivity contribution in [1.82, 2.24) is 10.3 Å². The number of aromatic nitrogens is 1. The molecule has 5 heteroatoms. The first kappa shape index (κ1) is 15.3. The Balaban J connectivity index is 0.00000161. The van der Waals surface area contributed by atoms with Crippen LogP contribution in [0.15, 0.2) is 42.1 Å². The van der Waals surface area contributed by atoms with Crippen molar-refractivity contribution in [1.29, 1.82) is 0 Å². The lowest BCUT2D eigenvalue weighted by Crippen LogP contribution is -2.33. The van der Waals surface area contributed by atoms with Crippen molar-refractivity contribution in [2.75, 3.05) is 6.54 Å². The third-order valence-corrected chi connectivity index (χ3v) is 3.66. The second-order valence-electron chi connectivity index (χ2n) is 5.12. The van der Waals surface area contributed by atoms with E-state index in [0.29, 0.717) is 6.42 Å². The Bertz CT molecular complexity index is 684. The summed E-state index contributed by atoms with van der Waals surface area (Å²) >= 11 is 0. The lowest BCUT2D eigenvalue weighted by molar-refractivity contribution is -0.122. The quantitative estimate of drug-likeness (QED) is 0.895. The van der Waals surface area contributed by atoms with Crippen molar-refractivity contribution >= 4 is 35.3 Å². The van der Waals surface area contributed by atoms with Crippen LogP contribution in [0.4, 0.5) is 0 Å². The minimum absolute atomic E-state index is 0. The summed E-state index contributed by atoms with van der Waals surface area (Å²) in [4.78, 5) is 15.9. The molecular weight excluding hydrogens is 286 g/mol. The highest BCUT2D eigenvalue weighted by atomic mass is 35.5. The topological polar surface area (TPSA) is 68.0 Å². The van der Waals surface area contributed by atoms with Gasteiger partial charge in [0.1, 0.15) is 0 Å². The van der Waals surface area contributed by atoms with E-state index in [-0.39, 0.29) is 24.2 Å². The maximum atomic E-state index is 11.3. The molecule has 110 valence electrons. The van der Waals surface area contributed by atoms with E-state index in [9.17, 15) is 4.79 Å². The maximum absolute atomic E-state index is 11.3. The molecule has 0 bridgehead atoms. The molecule has 0 spiro atoms. The number of carbonyl (C=O) groups is 1. The Morgan fingerprint density at radius 1 is 1.29 bits per heavy atom. The number of allylic oxidation sites excluding steroid dienone is 1. The summed E-state index contributed by atoms with van der Waals surface area (Å²) in [5.41, 5.74) is 8.29. The molecule has 21 heavy (non-hydrogen) atoms. The van der Waals surface area contributed by atoms with Gasteiger partial charge < -0.3 is 11.1 Å². The SMILES string of the molecule is Cl.NC(=O)C1CCNC(=Cc2ccc3ccccc3n2)C1. The van der Waals surface area contributed by atoms with Crippen LogP contribution in [-0.2, 0) is 4.79 Å². The monoisotopic (exact) mass is 303 g/mol. The zero-order valence-electron chi connectivity index (χ0n) is 11.6. The van der Waals surface area contributed by atoms with Gasteiger partial charge in [0, 0.05) is 23.5 Å². The number of rotatable bonds is 2. The molecule has 3 N–H and O–H groups in total. The number of nitrogens with zero attached hydrogens (tertiary/aromatic N) is 1. The summed E-state index contributed by atoms with van der Waals surface area (Å²) in [6.45, 7) is 0.785. The molecule has 1 aliphatic rings. The number of halogens is 1. The normalized spacial score (nSPS) is 19.8.